The molecule has 0 aliphatic carbocycles. The highest BCUT2D eigenvalue weighted by atomic mass is 32.1. The molecule has 4 aromatic heterocycles. The monoisotopic (exact) mass is 409 g/mol. The molecule has 0 fully saturated rings. The van der Waals surface area contributed by atoms with Gasteiger partial charge in [0.15, 0.2) is 0 Å². The Labute approximate surface area is 175 Å². The number of hydrogen-bond acceptors (Lipinski definition) is 6. The first-order valence-corrected chi connectivity index (χ1v) is 10.2. The molecule has 0 saturated heterocycles. The van der Waals surface area contributed by atoms with Gasteiger partial charge in [-0.3, -0.25) is 9.55 Å². The molecule has 1 N–H and O–H groups in total. The van der Waals surface area contributed by atoms with Gasteiger partial charge in [0.2, 0.25) is 10.1 Å². The number of rotatable bonds is 4. The van der Waals surface area contributed by atoms with Gasteiger partial charge in [-0.2, -0.15) is 0 Å². The summed E-state index contributed by atoms with van der Waals surface area (Å²) in [4.78, 5) is 14.2. The maximum Gasteiger partial charge on any atom is 0.214 e. The number of para-hydroxylation sites is 1. The normalized spacial score (nSPS) is 11.3. The average Bonchev–Trinajstić information content (AvgIpc) is 3.48. The van der Waals surface area contributed by atoms with Gasteiger partial charge in [-0.25, -0.2) is 14.5 Å². The highest BCUT2D eigenvalue weighted by molar-refractivity contribution is 7.20. The summed E-state index contributed by atoms with van der Waals surface area (Å²) in [5.74, 6) is 0. The van der Waals surface area contributed by atoms with Crippen LogP contribution in [-0.2, 0) is 0 Å². The van der Waals surface area contributed by atoms with Gasteiger partial charge in [-0.1, -0.05) is 29.5 Å². The quantitative estimate of drug-likeness (QED) is 0.447. The Kier molecular flexibility index (Phi) is 3.82. The lowest BCUT2D eigenvalue weighted by molar-refractivity contribution is 0.978. The SMILES string of the molecule is c1ccc(-n2cnc3cc(Nc4nn5cc(-c6cccnc6)nc5s4)ccc32)cc1. The maximum atomic E-state index is 4.66. The second-order valence-corrected chi connectivity index (χ2v) is 7.74. The number of anilines is 2. The maximum absolute atomic E-state index is 4.66. The highest BCUT2D eigenvalue weighted by Gasteiger charge is 2.11. The van der Waals surface area contributed by atoms with Crippen LogP contribution in [0.4, 0.5) is 10.8 Å². The number of imidazole rings is 2. The topological polar surface area (TPSA) is 72.9 Å². The van der Waals surface area contributed by atoms with Crippen LogP contribution < -0.4 is 5.32 Å². The fourth-order valence-electron chi connectivity index (χ4n) is 3.41. The molecule has 0 bridgehead atoms. The standard InChI is InChI=1S/C22H15N7S/c1-2-6-17(7-3-1)28-14-24-18-11-16(8-9-20(18)28)25-21-27-29-13-19(26-22(29)30-21)15-5-4-10-23-12-15/h1-14H,(H,25,27). The van der Waals surface area contributed by atoms with Gasteiger partial charge < -0.3 is 5.32 Å². The molecule has 0 unspecified atom stereocenters. The van der Waals surface area contributed by atoms with Crippen molar-refractivity contribution >= 4 is 38.2 Å². The number of nitrogens with one attached hydrogen (secondary N) is 1. The minimum absolute atomic E-state index is 0.775. The van der Waals surface area contributed by atoms with Crippen molar-refractivity contribution in [2.45, 2.75) is 0 Å². The first-order chi connectivity index (χ1) is 14.8. The summed E-state index contributed by atoms with van der Waals surface area (Å²) in [7, 11) is 0. The zero-order chi connectivity index (χ0) is 19.9. The molecule has 0 radical (unpaired) electrons. The number of nitrogens with zero attached hydrogens (tertiary/aromatic N) is 6. The van der Waals surface area contributed by atoms with E-state index < -0.39 is 0 Å². The summed E-state index contributed by atoms with van der Waals surface area (Å²) in [6.45, 7) is 0. The Hall–Kier alpha value is -4.04. The molecule has 6 rings (SSSR count). The van der Waals surface area contributed by atoms with Crippen molar-refractivity contribution in [3.05, 3.63) is 85.6 Å². The van der Waals surface area contributed by atoms with Crippen LogP contribution in [0.1, 0.15) is 0 Å². The van der Waals surface area contributed by atoms with Crippen molar-refractivity contribution in [3.8, 4) is 16.9 Å². The first kappa shape index (κ1) is 16.9. The number of fused-ring (bicyclic) bond motifs is 2. The van der Waals surface area contributed by atoms with Crippen molar-refractivity contribution in [1.82, 2.24) is 29.1 Å². The average molecular weight is 409 g/mol. The minimum atomic E-state index is 0.775. The zero-order valence-corrected chi connectivity index (χ0v) is 16.5. The lowest BCUT2D eigenvalue weighted by Gasteiger charge is -2.05. The van der Waals surface area contributed by atoms with Crippen LogP contribution in [0.5, 0.6) is 0 Å². The van der Waals surface area contributed by atoms with Crippen molar-refractivity contribution in [2.75, 3.05) is 5.32 Å². The van der Waals surface area contributed by atoms with Crippen LogP contribution in [-0.4, -0.2) is 29.1 Å². The van der Waals surface area contributed by atoms with E-state index in [2.05, 4.69) is 48.1 Å². The Balaban J connectivity index is 1.28. The van der Waals surface area contributed by atoms with E-state index in [-0.39, 0.29) is 0 Å². The molecule has 0 saturated carbocycles. The lowest BCUT2D eigenvalue weighted by atomic mass is 10.2. The molecule has 0 amide bonds. The molecule has 0 aliphatic heterocycles. The Morgan fingerprint density at radius 2 is 1.90 bits per heavy atom. The Morgan fingerprint density at radius 1 is 0.967 bits per heavy atom. The molecule has 144 valence electrons. The van der Waals surface area contributed by atoms with E-state index in [4.69, 9.17) is 0 Å². The van der Waals surface area contributed by atoms with Crippen molar-refractivity contribution in [2.24, 2.45) is 0 Å². The van der Waals surface area contributed by atoms with E-state index in [0.717, 1.165) is 43.8 Å². The van der Waals surface area contributed by atoms with Crippen molar-refractivity contribution in [3.63, 3.8) is 0 Å². The van der Waals surface area contributed by atoms with Crippen LogP contribution in [0.2, 0.25) is 0 Å². The smallest absolute Gasteiger partial charge is 0.214 e. The van der Waals surface area contributed by atoms with E-state index in [1.54, 1.807) is 16.9 Å². The largest absolute Gasteiger partial charge is 0.330 e. The molecule has 0 atom stereocenters. The van der Waals surface area contributed by atoms with Crippen LogP contribution in [0.3, 0.4) is 0 Å². The van der Waals surface area contributed by atoms with Crippen LogP contribution in [0.25, 0.3) is 32.9 Å². The number of hydrogen-bond donors (Lipinski definition) is 1. The molecular formula is C22H15N7S. The molecule has 0 aliphatic rings. The summed E-state index contributed by atoms with van der Waals surface area (Å²) in [6, 6.07) is 20.2. The molecular weight excluding hydrogens is 394 g/mol. The molecule has 7 nitrogen and oxygen atoms in total. The Morgan fingerprint density at radius 3 is 2.73 bits per heavy atom. The fraction of sp³-hybridized carbons (Fsp3) is 0. The minimum Gasteiger partial charge on any atom is -0.330 e. The fourth-order valence-corrected chi connectivity index (χ4v) is 4.21. The second kappa shape index (κ2) is 6.78. The molecule has 8 heteroatoms. The third kappa shape index (κ3) is 2.90. The van der Waals surface area contributed by atoms with E-state index in [0.29, 0.717) is 0 Å². The van der Waals surface area contributed by atoms with Gasteiger partial charge in [0, 0.05) is 29.3 Å². The predicted molar refractivity (Wildman–Crippen MR) is 118 cm³/mol. The molecule has 2 aromatic carbocycles. The van der Waals surface area contributed by atoms with Crippen LogP contribution in [0.15, 0.2) is 85.6 Å². The predicted octanol–water partition coefficient (Wildman–Crippen LogP) is 4.94. The summed E-state index contributed by atoms with van der Waals surface area (Å²) in [6.07, 6.45) is 7.32. The number of pyridine rings is 1. The molecule has 0 spiro atoms. The van der Waals surface area contributed by atoms with Gasteiger partial charge in [-0.05, 0) is 42.5 Å². The van der Waals surface area contributed by atoms with E-state index in [1.165, 1.54) is 11.3 Å². The molecule has 6 aromatic rings. The van der Waals surface area contributed by atoms with E-state index in [9.17, 15) is 0 Å². The van der Waals surface area contributed by atoms with Crippen LogP contribution in [0, 0.1) is 0 Å². The molecule has 4 heterocycles. The third-order valence-corrected chi connectivity index (χ3v) is 5.67. The van der Waals surface area contributed by atoms with Crippen molar-refractivity contribution < 1.29 is 0 Å². The number of aromatic nitrogens is 6. The second-order valence-electron chi connectivity index (χ2n) is 6.78. The summed E-state index contributed by atoms with van der Waals surface area (Å²) in [5.41, 5.74) is 5.84. The van der Waals surface area contributed by atoms with E-state index in [1.807, 2.05) is 55.0 Å². The lowest BCUT2D eigenvalue weighted by Crippen LogP contribution is -1.93. The first-order valence-electron chi connectivity index (χ1n) is 9.40. The summed E-state index contributed by atoms with van der Waals surface area (Å²) < 4.78 is 3.87. The number of benzene rings is 2. The zero-order valence-electron chi connectivity index (χ0n) is 15.7. The van der Waals surface area contributed by atoms with Crippen LogP contribution >= 0.6 is 11.3 Å². The van der Waals surface area contributed by atoms with Gasteiger partial charge in [0.25, 0.3) is 0 Å². The molecule has 30 heavy (non-hydrogen) atoms. The van der Waals surface area contributed by atoms with E-state index >= 15 is 0 Å². The van der Waals surface area contributed by atoms with Gasteiger partial charge in [0.1, 0.15) is 6.33 Å². The van der Waals surface area contributed by atoms with Gasteiger partial charge in [0.05, 0.1) is 22.9 Å². The third-order valence-electron chi connectivity index (χ3n) is 4.83. The van der Waals surface area contributed by atoms with Crippen molar-refractivity contribution in [1.29, 1.82) is 0 Å². The highest BCUT2D eigenvalue weighted by Crippen LogP contribution is 2.28. The Bertz CT molecular complexity index is 1430. The van der Waals surface area contributed by atoms with Gasteiger partial charge in [-0.15, -0.1) is 5.10 Å². The summed E-state index contributed by atoms with van der Waals surface area (Å²) in [5, 5.41) is 8.74. The van der Waals surface area contributed by atoms with Gasteiger partial charge >= 0.3 is 0 Å². The summed E-state index contributed by atoms with van der Waals surface area (Å²) >= 11 is 1.50.